The highest BCUT2D eigenvalue weighted by Gasteiger charge is 2.28. The molecule has 13 heavy (non-hydrogen) atoms. The van der Waals surface area contributed by atoms with Gasteiger partial charge in [0.1, 0.15) is 0 Å². The van der Waals surface area contributed by atoms with Crippen LogP contribution in [-0.4, -0.2) is 31.1 Å². The fourth-order valence-corrected chi connectivity index (χ4v) is 2.09. The van der Waals surface area contributed by atoms with Gasteiger partial charge in [0, 0.05) is 19.6 Å². The lowest BCUT2D eigenvalue weighted by molar-refractivity contribution is 0.102. The van der Waals surface area contributed by atoms with E-state index in [-0.39, 0.29) is 12.4 Å². The van der Waals surface area contributed by atoms with E-state index in [0.29, 0.717) is 5.41 Å². The van der Waals surface area contributed by atoms with Gasteiger partial charge in [-0.15, -0.1) is 12.4 Å². The van der Waals surface area contributed by atoms with Gasteiger partial charge in [0.05, 0.1) is 0 Å². The summed E-state index contributed by atoms with van der Waals surface area (Å²) in [5.74, 6) is 0. The summed E-state index contributed by atoms with van der Waals surface area (Å²) in [6, 6.07) is 0. The van der Waals surface area contributed by atoms with Crippen LogP contribution in [0, 0.1) is 5.41 Å². The fourth-order valence-electron chi connectivity index (χ4n) is 2.09. The molecule has 80 valence electrons. The molecule has 1 fully saturated rings. The van der Waals surface area contributed by atoms with Crippen molar-refractivity contribution in [1.82, 2.24) is 4.90 Å². The molecule has 0 aliphatic carbocycles. The molecule has 3 heteroatoms. The van der Waals surface area contributed by atoms with E-state index in [2.05, 4.69) is 18.7 Å². The molecule has 1 saturated heterocycles. The van der Waals surface area contributed by atoms with E-state index in [0.717, 1.165) is 13.1 Å². The molecule has 0 aromatic heterocycles. The Labute approximate surface area is 88.3 Å². The normalized spacial score (nSPS) is 29.8. The molecule has 0 aromatic carbocycles. The second kappa shape index (κ2) is 5.84. The van der Waals surface area contributed by atoms with E-state index >= 15 is 0 Å². The molecule has 1 atom stereocenters. The monoisotopic (exact) mass is 206 g/mol. The summed E-state index contributed by atoms with van der Waals surface area (Å²) < 4.78 is 0. The average Bonchev–Trinajstić information content (AvgIpc) is 2.05. The largest absolute Gasteiger partial charge is 0.329 e. The van der Waals surface area contributed by atoms with E-state index in [4.69, 9.17) is 5.73 Å². The van der Waals surface area contributed by atoms with Crippen molar-refractivity contribution in [2.75, 3.05) is 26.2 Å². The predicted molar refractivity (Wildman–Crippen MR) is 60.4 cm³/mol. The van der Waals surface area contributed by atoms with Gasteiger partial charge >= 0.3 is 0 Å². The first kappa shape index (κ1) is 13.2. The summed E-state index contributed by atoms with van der Waals surface area (Å²) >= 11 is 0. The number of nitrogens with two attached hydrogens (primary N) is 1. The van der Waals surface area contributed by atoms with Gasteiger partial charge in [-0.25, -0.2) is 0 Å². The van der Waals surface area contributed by atoms with Crippen molar-refractivity contribution in [2.24, 2.45) is 11.1 Å². The molecule has 0 spiro atoms. The Morgan fingerprint density at radius 1 is 1.46 bits per heavy atom. The average molecular weight is 207 g/mol. The first-order chi connectivity index (χ1) is 5.70. The standard InChI is InChI=1S/C10H22N2.ClH/c1-3-10(2)5-4-7-12(9-10)8-6-11;/h3-9,11H2,1-2H3;1H. The van der Waals surface area contributed by atoms with Crippen molar-refractivity contribution in [2.45, 2.75) is 33.1 Å². The zero-order chi connectivity index (χ0) is 9.03. The molecule has 1 aliphatic rings. The molecule has 0 bridgehead atoms. The zero-order valence-corrected chi connectivity index (χ0v) is 9.70. The third kappa shape index (κ3) is 3.84. The molecule has 0 radical (unpaired) electrons. The molecular formula is C10H23ClN2. The van der Waals surface area contributed by atoms with Crippen LogP contribution in [0.1, 0.15) is 33.1 Å². The van der Waals surface area contributed by atoms with Gasteiger partial charge in [0.2, 0.25) is 0 Å². The number of rotatable bonds is 3. The van der Waals surface area contributed by atoms with Gasteiger partial charge in [-0.3, -0.25) is 0 Å². The predicted octanol–water partition coefficient (Wildman–Crippen LogP) is 1.88. The maximum Gasteiger partial charge on any atom is 0.0105 e. The van der Waals surface area contributed by atoms with Crippen LogP contribution in [0.5, 0.6) is 0 Å². The lowest BCUT2D eigenvalue weighted by Crippen LogP contribution is -2.43. The first-order valence-electron chi connectivity index (χ1n) is 5.12. The van der Waals surface area contributed by atoms with Gasteiger partial charge in [0.15, 0.2) is 0 Å². The van der Waals surface area contributed by atoms with Crippen molar-refractivity contribution in [1.29, 1.82) is 0 Å². The van der Waals surface area contributed by atoms with Gasteiger partial charge in [-0.1, -0.05) is 13.8 Å². The second-order valence-corrected chi connectivity index (χ2v) is 4.33. The van der Waals surface area contributed by atoms with Crippen molar-refractivity contribution >= 4 is 12.4 Å². The van der Waals surface area contributed by atoms with E-state index < -0.39 is 0 Å². The Balaban J connectivity index is 0.00000144. The smallest absolute Gasteiger partial charge is 0.0105 e. The molecule has 2 nitrogen and oxygen atoms in total. The third-order valence-corrected chi connectivity index (χ3v) is 3.16. The fraction of sp³-hybridized carbons (Fsp3) is 1.00. The van der Waals surface area contributed by atoms with Crippen LogP contribution in [0.2, 0.25) is 0 Å². The summed E-state index contributed by atoms with van der Waals surface area (Å²) in [7, 11) is 0. The first-order valence-corrected chi connectivity index (χ1v) is 5.12. The Morgan fingerprint density at radius 3 is 2.69 bits per heavy atom. The summed E-state index contributed by atoms with van der Waals surface area (Å²) in [5, 5.41) is 0. The van der Waals surface area contributed by atoms with Gasteiger partial charge in [-0.05, 0) is 31.2 Å². The molecular weight excluding hydrogens is 184 g/mol. The maximum atomic E-state index is 5.55. The molecule has 0 amide bonds. The van der Waals surface area contributed by atoms with Gasteiger partial charge in [0.25, 0.3) is 0 Å². The number of likely N-dealkylation sites (tertiary alicyclic amines) is 1. The topological polar surface area (TPSA) is 29.3 Å². The Kier molecular flexibility index (Phi) is 5.93. The third-order valence-electron chi connectivity index (χ3n) is 3.16. The van der Waals surface area contributed by atoms with Crippen LogP contribution in [-0.2, 0) is 0 Å². The SMILES string of the molecule is CCC1(C)CCCN(CCN)C1.Cl. The van der Waals surface area contributed by atoms with Crippen LogP contribution in [0.15, 0.2) is 0 Å². The highest BCUT2D eigenvalue weighted by molar-refractivity contribution is 5.85. The summed E-state index contributed by atoms with van der Waals surface area (Å²) in [5.41, 5.74) is 6.11. The maximum absolute atomic E-state index is 5.55. The molecule has 1 aliphatic heterocycles. The van der Waals surface area contributed by atoms with Crippen molar-refractivity contribution < 1.29 is 0 Å². The Bertz CT molecular complexity index is 139. The summed E-state index contributed by atoms with van der Waals surface area (Å²) in [6.07, 6.45) is 4.04. The second-order valence-electron chi connectivity index (χ2n) is 4.33. The summed E-state index contributed by atoms with van der Waals surface area (Å²) in [4.78, 5) is 2.51. The number of hydrogen-bond acceptors (Lipinski definition) is 2. The van der Waals surface area contributed by atoms with E-state index in [9.17, 15) is 0 Å². The Morgan fingerprint density at radius 2 is 2.15 bits per heavy atom. The minimum atomic E-state index is 0. The Hall–Kier alpha value is 0.210. The zero-order valence-electron chi connectivity index (χ0n) is 8.88. The van der Waals surface area contributed by atoms with E-state index in [1.54, 1.807) is 0 Å². The minimum Gasteiger partial charge on any atom is -0.329 e. The molecule has 1 rings (SSSR count). The molecule has 2 N–H and O–H groups in total. The van der Waals surface area contributed by atoms with E-state index in [1.807, 2.05) is 0 Å². The number of halogens is 1. The molecule has 0 saturated carbocycles. The van der Waals surface area contributed by atoms with Crippen molar-refractivity contribution in [3.63, 3.8) is 0 Å². The molecule has 0 aromatic rings. The molecule has 1 unspecified atom stereocenters. The number of piperidine rings is 1. The summed E-state index contributed by atoms with van der Waals surface area (Å²) in [6.45, 7) is 9.09. The van der Waals surface area contributed by atoms with Crippen LogP contribution < -0.4 is 5.73 Å². The van der Waals surface area contributed by atoms with E-state index in [1.165, 1.54) is 32.4 Å². The minimum absolute atomic E-state index is 0. The van der Waals surface area contributed by atoms with Crippen molar-refractivity contribution in [3.05, 3.63) is 0 Å². The van der Waals surface area contributed by atoms with Crippen molar-refractivity contribution in [3.8, 4) is 0 Å². The number of hydrogen-bond donors (Lipinski definition) is 1. The van der Waals surface area contributed by atoms with Gasteiger partial charge in [-0.2, -0.15) is 0 Å². The van der Waals surface area contributed by atoms with Crippen LogP contribution in [0.25, 0.3) is 0 Å². The van der Waals surface area contributed by atoms with Crippen LogP contribution in [0.4, 0.5) is 0 Å². The highest BCUT2D eigenvalue weighted by Crippen LogP contribution is 2.31. The van der Waals surface area contributed by atoms with Crippen LogP contribution in [0.3, 0.4) is 0 Å². The van der Waals surface area contributed by atoms with Gasteiger partial charge < -0.3 is 10.6 Å². The number of nitrogens with zero attached hydrogens (tertiary/aromatic N) is 1. The quantitative estimate of drug-likeness (QED) is 0.764. The highest BCUT2D eigenvalue weighted by atomic mass is 35.5. The lowest BCUT2D eigenvalue weighted by Gasteiger charge is -2.39. The van der Waals surface area contributed by atoms with Crippen LogP contribution >= 0.6 is 12.4 Å². The molecule has 1 heterocycles. The lowest BCUT2D eigenvalue weighted by atomic mass is 9.80.